The molecule has 0 aliphatic heterocycles. The smallest absolute Gasteiger partial charge is 0.182 e. The second kappa shape index (κ2) is 13.6. The standard InChI is InChI=1S/C50H28N10/c1-3-21-53-41(5-1)49-57-45(33-7-9-35-27-51-23-19-31(35)25-33)55-47(59-49)39-17-13-29-12-16-38-40(18-14-30-11-15-37(39)43(29)44(30)38)48-56-46(58-50(60-48)42-6-2-4-22-54-42)34-8-10-36-28-52-24-20-32(36)26-34/h1-28H. The summed E-state index contributed by atoms with van der Waals surface area (Å²) < 4.78 is 0. The van der Waals surface area contributed by atoms with Crippen LogP contribution in [0.1, 0.15) is 0 Å². The first-order chi connectivity index (χ1) is 29.7. The van der Waals surface area contributed by atoms with Crippen molar-refractivity contribution < 1.29 is 0 Å². The number of nitrogens with zero attached hydrogens (tertiary/aromatic N) is 10. The minimum absolute atomic E-state index is 0.496. The fraction of sp³-hybridized carbons (Fsp3) is 0. The summed E-state index contributed by atoms with van der Waals surface area (Å²) in [6, 6.07) is 45.0. The van der Waals surface area contributed by atoms with Crippen LogP contribution in [0.25, 0.3) is 122 Å². The molecule has 0 spiro atoms. The lowest BCUT2D eigenvalue weighted by atomic mass is 9.89. The molecule has 6 aromatic carbocycles. The molecule has 0 amide bonds. The van der Waals surface area contributed by atoms with Gasteiger partial charge in [0, 0.05) is 70.2 Å². The number of aromatic nitrogens is 10. The van der Waals surface area contributed by atoms with E-state index in [-0.39, 0.29) is 0 Å². The van der Waals surface area contributed by atoms with E-state index in [1.54, 1.807) is 24.8 Å². The Balaban J connectivity index is 1.06. The number of rotatable bonds is 6. The quantitative estimate of drug-likeness (QED) is 0.151. The molecule has 60 heavy (non-hydrogen) atoms. The highest BCUT2D eigenvalue weighted by Crippen LogP contribution is 2.42. The van der Waals surface area contributed by atoms with Crippen LogP contribution >= 0.6 is 0 Å². The van der Waals surface area contributed by atoms with Crippen molar-refractivity contribution in [1.82, 2.24) is 49.8 Å². The van der Waals surface area contributed by atoms with Crippen molar-refractivity contribution in [2.75, 3.05) is 0 Å². The lowest BCUT2D eigenvalue weighted by Crippen LogP contribution is -2.02. The topological polar surface area (TPSA) is 129 Å². The highest BCUT2D eigenvalue weighted by Gasteiger charge is 2.21. The molecule has 0 aliphatic rings. The largest absolute Gasteiger partial charge is 0.264 e. The van der Waals surface area contributed by atoms with Gasteiger partial charge in [0.25, 0.3) is 0 Å². The van der Waals surface area contributed by atoms with Gasteiger partial charge in [0.05, 0.1) is 0 Å². The number of fused-ring (bicyclic) bond motifs is 2. The van der Waals surface area contributed by atoms with E-state index in [0.29, 0.717) is 46.3 Å². The zero-order valence-electron chi connectivity index (χ0n) is 31.6. The molecule has 0 unspecified atom stereocenters. The molecule has 0 atom stereocenters. The molecule has 6 heterocycles. The van der Waals surface area contributed by atoms with Crippen LogP contribution in [-0.4, -0.2) is 49.8 Å². The van der Waals surface area contributed by atoms with Crippen LogP contribution in [0.3, 0.4) is 0 Å². The average Bonchev–Trinajstić information content (AvgIpc) is 3.33. The van der Waals surface area contributed by atoms with Crippen LogP contribution in [-0.2, 0) is 0 Å². The van der Waals surface area contributed by atoms with Gasteiger partial charge in [-0.25, -0.2) is 29.9 Å². The predicted octanol–water partition coefficient (Wildman–Crippen LogP) is 10.8. The van der Waals surface area contributed by atoms with Crippen molar-refractivity contribution in [3.05, 3.63) is 171 Å². The third-order valence-corrected chi connectivity index (χ3v) is 11.0. The van der Waals surface area contributed by atoms with Crippen LogP contribution in [0.2, 0.25) is 0 Å². The zero-order chi connectivity index (χ0) is 39.6. The molecule has 0 fully saturated rings. The molecule has 10 nitrogen and oxygen atoms in total. The molecule has 12 rings (SSSR count). The first-order valence-electron chi connectivity index (χ1n) is 19.4. The molecular formula is C50H28N10. The van der Waals surface area contributed by atoms with E-state index >= 15 is 0 Å². The molecule has 10 heteroatoms. The zero-order valence-corrected chi connectivity index (χ0v) is 31.6. The van der Waals surface area contributed by atoms with E-state index in [1.807, 2.05) is 85.2 Å². The maximum Gasteiger partial charge on any atom is 0.182 e. The number of hydrogen-bond donors (Lipinski definition) is 0. The number of pyridine rings is 4. The second-order valence-corrected chi connectivity index (χ2v) is 14.6. The Morgan fingerprint density at radius 1 is 0.300 bits per heavy atom. The summed E-state index contributed by atoms with van der Waals surface area (Å²) in [4.78, 5) is 48.2. The summed E-state index contributed by atoms with van der Waals surface area (Å²) in [5.74, 6) is 3.23. The summed E-state index contributed by atoms with van der Waals surface area (Å²) in [7, 11) is 0. The summed E-state index contributed by atoms with van der Waals surface area (Å²) in [6.07, 6.45) is 10.8. The van der Waals surface area contributed by atoms with Crippen LogP contribution < -0.4 is 0 Å². The van der Waals surface area contributed by atoms with Crippen LogP contribution in [0.4, 0.5) is 0 Å². The van der Waals surface area contributed by atoms with Gasteiger partial charge in [-0.1, -0.05) is 72.8 Å². The Bertz CT molecular complexity index is 3380. The van der Waals surface area contributed by atoms with E-state index in [4.69, 9.17) is 29.9 Å². The maximum atomic E-state index is 5.15. The maximum absolute atomic E-state index is 5.15. The van der Waals surface area contributed by atoms with Crippen LogP contribution in [0, 0.1) is 0 Å². The van der Waals surface area contributed by atoms with Crippen LogP contribution in [0.5, 0.6) is 0 Å². The van der Waals surface area contributed by atoms with Gasteiger partial charge < -0.3 is 0 Å². The highest BCUT2D eigenvalue weighted by molar-refractivity contribution is 6.27. The van der Waals surface area contributed by atoms with E-state index in [9.17, 15) is 0 Å². The Kier molecular flexibility index (Phi) is 7.60. The van der Waals surface area contributed by atoms with Crippen molar-refractivity contribution in [3.8, 4) is 68.6 Å². The van der Waals surface area contributed by atoms with Crippen LogP contribution in [0.15, 0.2) is 171 Å². The summed E-state index contributed by atoms with van der Waals surface area (Å²) in [5.41, 5.74) is 4.85. The lowest BCUT2D eigenvalue weighted by molar-refractivity contribution is 1.06. The minimum atomic E-state index is 0.496. The Hall–Kier alpha value is -8.50. The fourth-order valence-corrected chi connectivity index (χ4v) is 8.11. The Labute approximate surface area is 341 Å². The van der Waals surface area contributed by atoms with E-state index in [2.05, 4.69) is 80.6 Å². The monoisotopic (exact) mass is 768 g/mol. The van der Waals surface area contributed by atoms with Crippen molar-refractivity contribution in [2.45, 2.75) is 0 Å². The van der Waals surface area contributed by atoms with Crippen molar-refractivity contribution >= 4 is 53.9 Å². The van der Waals surface area contributed by atoms with Gasteiger partial charge in [-0.2, -0.15) is 0 Å². The average molecular weight is 769 g/mol. The molecular weight excluding hydrogens is 741 g/mol. The molecule has 0 N–H and O–H groups in total. The molecule has 278 valence electrons. The van der Waals surface area contributed by atoms with Crippen molar-refractivity contribution in [2.24, 2.45) is 0 Å². The van der Waals surface area contributed by atoms with Gasteiger partial charge in [0.2, 0.25) is 0 Å². The van der Waals surface area contributed by atoms with Gasteiger partial charge in [0.1, 0.15) is 11.4 Å². The van der Waals surface area contributed by atoms with Crippen molar-refractivity contribution in [3.63, 3.8) is 0 Å². The lowest BCUT2D eigenvalue weighted by Gasteiger charge is -2.16. The van der Waals surface area contributed by atoms with E-state index in [0.717, 1.165) is 76.1 Å². The molecule has 0 bridgehead atoms. The number of benzene rings is 6. The van der Waals surface area contributed by atoms with Gasteiger partial charge in [0.15, 0.2) is 34.9 Å². The highest BCUT2D eigenvalue weighted by atomic mass is 15.1. The molecule has 12 aromatic rings. The molecule has 0 saturated carbocycles. The third-order valence-electron chi connectivity index (χ3n) is 11.0. The van der Waals surface area contributed by atoms with Crippen molar-refractivity contribution in [1.29, 1.82) is 0 Å². The third kappa shape index (κ3) is 5.65. The number of hydrogen-bond acceptors (Lipinski definition) is 10. The van der Waals surface area contributed by atoms with Gasteiger partial charge in [-0.05, 0) is 104 Å². The van der Waals surface area contributed by atoms with Gasteiger partial charge >= 0.3 is 0 Å². The molecule has 0 aliphatic carbocycles. The Morgan fingerprint density at radius 2 is 0.733 bits per heavy atom. The molecule has 6 aromatic heterocycles. The summed E-state index contributed by atoms with van der Waals surface area (Å²) in [6.45, 7) is 0. The first-order valence-corrected chi connectivity index (χ1v) is 19.4. The fourth-order valence-electron chi connectivity index (χ4n) is 8.11. The summed E-state index contributed by atoms with van der Waals surface area (Å²) >= 11 is 0. The summed E-state index contributed by atoms with van der Waals surface area (Å²) in [5, 5.41) is 10.6. The normalized spacial score (nSPS) is 11.7. The van der Waals surface area contributed by atoms with Gasteiger partial charge in [-0.15, -0.1) is 0 Å². The second-order valence-electron chi connectivity index (χ2n) is 14.6. The predicted molar refractivity (Wildman–Crippen MR) is 236 cm³/mol. The first kappa shape index (κ1) is 33.6. The molecule has 0 saturated heterocycles. The van der Waals surface area contributed by atoms with Gasteiger partial charge in [-0.3, -0.25) is 19.9 Å². The SMILES string of the molecule is c1ccc(-c2nc(-c3ccc4cnccc4c3)nc(-c3ccc4ccc5c(-c6nc(-c7ccc8cnccc8c7)nc(-c7ccccn7)n6)ccc6ccc3c4c65)n2)nc1. The minimum Gasteiger partial charge on any atom is -0.264 e. The van der Waals surface area contributed by atoms with E-state index < -0.39 is 0 Å². The Morgan fingerprint density at radius 3 is 1.20 bits per heavy atom. The van der Waals surface area contributed by atoms with E-state index in [1.165, 1.54) is 0 Å². The molecule has 0 radical (unpaired) electrons.